The zero-order valence-corrected chi connectivity index (χ0v) is 22.8. The maximum atomic E-state index is 13.9. The highest BCUT2D eigenvalue weighted by atomic mass is 32.2. The molecule has 0 aliphatic heterocycles. The van der Waals surface area contributed by atoms with Gasteiger partial charge in [-0.2, -0.15) is 0 Å². The molecule has 6 nitrogen and oxygen atoms in total. The molecular formula is C32H28FN3O3S. The molecule has 4 aromatic rings. The summed E-state index contributed by atoms with van der Waals surface area (Å²) >= 11 is 1.27. The minimum Gasteiger partial charge on any atom is -0.323 e. The van der Waals surface area contributed by atoms with Gasteiger partial charge in [-0.1, -0.05) is 66.2 Å². The van der Waals surface area contributed by atoms with Crippen molar-refractivity contribution in [2.75, 3.05) is 10.6 Å². The first kappa shape index (κ1) is 28.3. The van der Waals surface area contributed by atoms with Crippen LogP contribution in [0.2, 0.25) is 0 Å². The number of nitrogens with one attached hydrogen (secondary N) is 3. The molecule has 0 saturated carbocycles. The van der Waals surface area contributed by atoms with E-state index in [4.69, 9.17) is 0 Å². The number of hydrogen-bond donors (Lipinski definition) is 3. The van der Waals surface area contributed by atoms with E-state index in [1.54, 1.807) is 67.6 Å². The van der Waals surface area contributed by atoms with Crippen LogP contribution in [-0.2, 0) is 9.59 Å². The maximum Gasteiger partial charge on any atom is 0.272 e. The number of anilines is 2. The Hall–Kier alpha value is -4.69. The van der Waals surface area contributed by atoms with Gasteiger partial charge >= 0.3 is 0 Å². The predicted octanol–water partition coefficient (Wildman–Crippen LogP) is 6.66. The van der Waals surface area contributed by atoms with Crippen molar-refractivity contribution in [1.82, 2.24) is 5.32 Å². The first-order chi connectivity index (χ1) is 19.3. The Morgan fingerprint density at radius 1 is 0.825 bits per heavy atom. The molecule has 0 heterocycles. The van der Waals surface area contributed by atoms with Crippen molar-refractivity contribution in [3.8, 4) is 0 Å². The van der Waals surface area contributed by atoms with Crippen LogP contribution in [0.4, 0.5) is 15.8 Å². The molecule has 0 radical (unpaired) electrons. The lowest BCUT2D eigenvalue weighted by Gasteiger charge is -2.14. The van der Waals surface area contributed by atoms with Crippen LogP contribution in [0, 0.1) is 12.7 Å². The summed E-state index contributed by atoms with van der Waals surface area (Å²) in [6, 6.07) is 29.2. The van der Waals surface area contributed by atoms with Gasteiger partial charge in [0.15, 0.2) is 0 Å². The van der Waals surface area contributed by atoms with E-state index in [1.807, 2.05) is 43.3 Å². The number of aryl methyl sites for hydroxylation is 1. The standard InChI is InChI=1S/C32H28FN3O3S/c1-21-15-17-23(18-16-21)19-29(36-31(38)24-9-4-3-5-10-24)32(39)34-25-11-8-12-26(20-25)40-22(2)30(37)35-28-14-7-6-13-27(28)33/h3-20,22H,1-2H3,(H,34,39)(H,35,37)(H,36,38)/b29-19-. The summed E-state index contributed by atoms with van der Waals surface area (Å²) in [5.41, 5.74) is 2.93. The Bertz CT molecular complexity index is 1540. The average molecular weight is 554 g/mol. The fraction of sp³-hybridized carbons (Fsp3) is 0.0938. The number of benzene rings is 4. The third kappa shape index (κ3) is 7.91. The summed E-state index contributed by atoms with van der Waals surface area (Å²) in [6.07, 6.45) is 1.61. The summed E-state index contributed by atoms with van der Waals surface area (Å²) in [5.74, 6) is -1.77. The average Bonchev–Trinajstić information content (AvgIpc) is 2.95. The molecule has 0 fully saturated rings. The van der Waals surface area contributed by atoms with Crippen molar-refractivity contribution in [2.24, 2.45) is 0 Å². The van der Waals surface area contributed by atoms with Crippen LogP contribution in [0.25, 0.3) is 6.08 Å². The first-order valence-corrected chi connectivity index (χ1v) is 13.4. The highest BCUT2D eigenvalue weighted by Gasteiger charge is 2.18. The Morgan fingerprint density at radius 3 is 2.25 bits per heavy atom. The van der Waals surface area contributed by atoms with E-state index in [-0.39, 0.29) is 17.3 Å². The highest BCUT2D eigenvalue weighted by Crippen LogP contribution is 2.27. The van der Waals surface area contributed by atoms with Crippen molar-refractivity contribution in [2.45, 2.75) is 24.0 Å². The monoisotopic (exact) mass is 553 g/mol. The minimum atomic E-state index is -0.535. The van der Waals surface area contributed by atoms with Gasteiger partial charge in [-0.15, -0.1) is 11.8 Å². The molecule has 8 heteroatoms. The van der Waals surface area contributed by atoms with Crippen LogP contribution >= 0.6 is 11.8 Å². The third-order valence-electron chi connectivity index (χ3n) is 5.82. The summed E-state index contributed by atoms with van der Waals surface area (Å²) in [4.78, 5) is 39.5. The SMILES string of the molecule is Cc1ccc(/C=C(\NC(=O)c2ccccc2)C(=O)Nc2cccc(SC(C)C(=O)Nc3ccccc3F)c2)cc1. The van der Waals surface area contributed by atoms with E-state index < -0.39 is 22.9 Å². The van der Waals surface area contributed by atoms with Crippen LogP contribution in [-0.4, -0.2) is 23.0 Å². The molecule has 3 amide bonds. The molecule has 0 aliphatic carbocycles. The summed E-state index contributed by atoms with van der Waals surface area (Å²) < 4.78 is 13.9. The minimum absolute atomic E-state index is 0.0772. The normalized spacial score (nSPS) is 11.8. The van der Waals surface area contributed by atoms with Crippen LogP contribution in [0.1, 0.15) is 28.4 Å². The number of thioether (sulfide) groups is 1. The molecule has 202 valence electrons. The van der Waals surface area contributed by atoms with Gasteiger partial charge < -0.3 is 16.0 Å². The van der Waals surface area contributed by atoms with Crippen LogP contribution < -0.4 is 16.0 Å². The number of amides is 3. The van der Waals surface area contributed by atoms with Gasteiger partial charge in [-0.05, 0) is 68.0 Å². The molecule has 4 aromatic carbocycles. The highest BCUT2D eigenvalue weighted by molar-refractivity contribution is 8.00. The Balaban J connectivity index is 1.48. The van der Waals surface area contributed by atoms with Gasteiger partial charge in [0, 0.05) is 16.1 Å². The zero-order chi connectivity index (χ0) is 28.5. The molecule has 0 saturated heterocycles. The lowest BCUT2D eigenvalue weighted by molar-refractivity contribution is -0.115. The first-order valence-electron chi connectivity index (χ1n) is 12.6. The molecule has 0 bridgehead atoms. The van der Waals surface area contributed by atoms with Gasteiger partial charge in [0.2, 0.25) is 5.91 Å². The maximum absolute atomic E-state index is 13.9. The predicted molar refractivity (Wildman–Crippen MR) is 158 cm³/mol. The third-order valence-corrected chi connectivity index (χ3v) is 6.92. The second kappa shape index (κ2) is 13.4. The smallest absolute Gasteiger partial charge is 0.272 e. The van der Waals surface area contributed by atoms with Gasteiger partial charge in [0.05, 0.1) is 10.9 Å². The number of carbonyl (C=O) groups is 3. The Labute approximate surface area is 236 Å². The lowest BCUT2D eigenvalue weighted by atomic mass is 10.1. The molecule has 1 unspecified atom stereocenters. The largest absolute Gasteiger partial charge is 0.323 e. The van der Waals surface area contributed by atoms with E-state index in [2.05, 4.69) is 16.0 Å². The molecule has 40 heavy (non-hydrogen) atoms. The number of carbonyl (C=O) groups excluding carboxylic acids is 3. The summed E-state index contributed by atoms with van der Waals surface area (Å²) in [7, 11) is 0. The fourth-order valence-corrected chi connectivity index (χ4v) is 4.60. The van der Waals surface area contributed by atoms with E-state index in [0.29, 0.717) is 11.3 Å². The molecular weight excluding hydrogens is 525 g/mol. The van der Waals surface area contributed by atoms with Crippen molar-refractivity contribution in [3.63, 3.8) is 0 Å². The molecule has 0 aromatic heterocycles. The van der Waals surface area contributed by atoms with E-state index >= 15 is 0 Å². The van der Waals surface area contributed by atoms with Gasteiger partial charge in [-0.25, -0.2) is 4.39 Å². The second-order valence-corrected chi connectivity index (χ2v) is 10.4. The molecule has 1 atom stereocenters. The van der Waals surface area contributed by atoms with E-state index in [9.17, 15) is 18.8 Å². The van der Waals surface area contributed by atoms with Crippen LogP contribution in [0.15, 0.2) is 114 Å². The number of para-hydroxylation sites is 1. The number of halogens is 1. The zero-order valence-electron chi connectivity index (χ0n) is 22.0. The van der Waals surface area contributed by atoms with E-state index in [1.165, 1.54) is 23.9 Å². The lowest BCUT2D eigenvalue weighted by Crippen LogP contribution is -2.30. The van der Waals surface area contributed by atoms with Crippen LogP contribution in [0.5, 0.6) is 0 Å². The van der Waals surface area contributed by atoms with Crippen molar-refractivity contribution in [1.29, 1.82) is 0 Å². The number of hydrogen-bond acceptors (Lipinski definition) is 4. The second-order valence-electron chi connectivity index (χ2n) is 9.00. The summed E-state index contributed by atoms with van der Waals surface area (Å²) in [5, 5.41) is 7.63. The Morgan fingerprint density at radius 2 is 1.52 bits per heavy atom. The topological polar surface area (TPSA) is 87.3 Å². The van der Waals surface area contributed by atoms with Crippen molar-refractivity contribution in [3.05, 3.63) is 131 Å². The molecule has 0 spiro atoms. The Kier molecular flexibility index (Phi) is 9.48. The van der Waals surface area contributed by atoms with Gasteiger partial charge in [0.25, 0.3) is 11.8 Å². The van der Waals surface area contributed by atoms with Crippen LogP contribution in [0.3, 0.4) is 0 Å². The fourth-order valence-electron chi connectivity index (χ4n) is 3.67. The van der Waals surface area contributed by atoms with Gasteiger partial charge in [0.1, 0.15) is 11.5 Å². The summed E-state index contributed by atoms with van der Waals surface area (Å²) in [6.45, 7) is 3.68. The molecule has 0 aliphatic rings. The number of rotatable bonds is 9. The quantitative estimate of drug-likeness (QED) is 0.160. The molecule has 4 rings (SSSR count). The van der Waals surface area contributed by atoms with Crippen molar-refractivity contribution < 1.29 is 18.8 Å². The van der Waals surface area contributed by atoms with E-state index in [0.717, 1.165) is 16.0 Å². The van der Waals surface area contributed by atoms with Gasteiger partial charge in [-0.3, -0.25) is 14.4 Å². The van der Waals surface area contributed by atoms with Crippen molar-refractivity contribution >= 4 is 46.9 Å². The molecule has 3 N–H and O–H groups in total.